The second-order valence-corrected chi connectivity index (χ2v) is 5.07. The number of benzene rings is 1. The largest absolute Gasteiger partial charge is 0.313 e. The van der Waals surface area contributed by atoms with E-state index in [4.69, 9.17) is 0 Å². The van der Waals surface area contributed by atoms with E-state index in [2.05, 4.69) is 22.2 Å². The van der Waals surface area contributed by atoms with Crippen LogP contribution < -0.4 is 5.32 Å². The molecule has 0 spiro atoms. The zero-order valence-electron chi connectivity index (χ0n) is 10.8. The molecule has 0 amide bonds. The van der Waals surface area contributed by atoms with E-state index in [1.165, 1.54) is 17.8 Å². The molecule has 5 heteroatoms. The highest BCUT2D eigenvalue weighted by Gasteiger charge is 2.07. The SMILES string of the molecule is CCCNCc1cc(F)ccc1Sc1ncccn1. The topological polar surface area (TPSA) is 37.8 Å². The molecule has 3 nitrogen and oxygen atoms in total. The highest BCUT2D eigenvalue weighted by molar-refractivity contribution is 7.99. The third-order valence-corrected chi connectivity index (χ3v) is 3.52. The third-order valence-electron chi connectivity index (χ3n) is 2.51. The molecule has 2 rings (SSSR count). The highest BCUT2D eigenvalue weighted by atomic mass is 32.2. The number of hydrogen-bond donors (Lipinski definition) is 1. The summed E-state index contributed by atoms with van der Waals surface area (Å²) in [6.07, 6.45) is 4.46. The third kappa shape index (κ3) is 4.29. The molecule has 0 aliphatic heterocycles. The van der Waals surface area contributed by atoms with E-state index < -0.39 is 0 Å². The molecule has 0 saturated carbocycles. The van der Waals surface area contributed by atoms with Crippen molar-refractivity contribution in [1.29, 1.82) is 0 Å². The smallest absolute Gasteiger partial charge is 0.192 e. The van der Waals surface area contributed by atoms with Crippen molar-refractivity contribution < 1.29 is 4.39 Å². The monoisotopic (exact) mass is 277 g/mol. The van der Waals surface area contributed by atoms with E-state index in [1.807, 2.05) is 0 Å². The first-order chi connectivity index (χ1) is 9.29. The van der Waals surface area contributed by atoms with E-state index in [1.54, 1.807) is 30.6 Å². The zero-order chi connectivity index (χ0) is 13.5. The van der Waals surface area contributed by atoms with Crippen LogP contribution in [0, 0.1) is 5.82 Å². The highest BCUT2D eigenvalue weighted by Crippen LogP contribution is 2.28. The van der Waals surface area contributed by atoms with Gasteiger partial charge in [0.15, 0.2) is 5.16 Å². The first kappa shape index (κ1) is 14.0. The minimum atomic E-state index is -0.216. The van der Waals surface area contributed by atoms with Crippen molar-refractivity contribution in [2.24, 2.45) is 0 Å². The van der Waals surface area contributed by atoms with Crippen LogP contribution >= 0.6 is 11.8 Å². The van der Waals surface area contributed by atoms with Crippen LogP contribution in [0.5, 0.6) is 0 Å². The fourth-order valence-corrected chi connectivity index (χ4v) is 2.44. The minimum absolute atomic E-state index is 0.216. The van der Waals surface area contributed by atoms with Crippen molar-refractivity contribution in [3.8, 4) is 0 Å². The Balaban J connectivity index is 2.14. The Morgan fingerprint density at radius 1 is 1.26 bits per heavy atom. The lowest BCUT2D eigenvalue weighted by molar-refractivity contribution is 0.615. The Labute approximate surface area is 116 Å². The summed E-state index contributed by atoms with van der Waals surface area (Å²) in [6, 6.07) is 6.58. The molecule has 2 aromatic rings. The molecular weight excluding hydrogens is 261 g/mol. The number of aromatic nitrogens is 2. The van der Waals surface area contributed by atoms with E-state index in [0.29, 0.717) is 11.7 Å². The van der Waals surface area contributed by atoms with Gasteiger partial charge in [0, 0.05) is 23.8 Å². The zero-order valence-corrected chi connectivity index (χ0v) is 11.6. The van der Waals surface area contributed by atoms with E-state index in [9.17, 15) is 4.39 Å². The van der Waals surface area contributed by atoms with Crippen LogP contribution in [0.25, 0.3) is 0 Å². The van der Waals surface area contributed by atoms with Crippen LogP contribution in [-0.4, -0.2) is 16.5 Å². The second kappa shape index (κ2) is 7.21. The summed E-state index contributed by atoms with van der Waals surface area (Å²) in [5.74, 6) is -0.216. The number of nitrogens with one attached hydrogen (secondary N) is 1. The second-order valence-electron chi connectivity index (χ2n) is 4.06. The van der Waals surface area contributed by atoms with Gasteiger partial charge in [0.2, 0.25) is 0 Å². The number of halogens is 1. The Hall–Kier alpha value is -1.46. The van der Waals surface area contributed by atoms with Gasteiger partial charge in [-0.25, -0.2) is 14.4 Å². The number of rotatable bonds is 6. The van der Waals surface area contributed by atoms with Crippen molar-refractivity contribution in [3.05, 3.63) is 48.0 Å². The molecule has 1 aromatic carbocycles. The van der Waals surface area contributed by atoms with Gasteiger partial charge in [0.1, 0.15) is 5.82 Å². The standard InChI is InChI=1S/C14H16FN3S/c1-2-6-16-10-11-9-12(15)4-5-13(11)19-14-17-7-3-8-18-14/h3-5,7-9,16H,2,6,10H2,1H3. The molecule has 100 valence electrons. The maximum absolute atomic E-state index is 13.3. The fraction of sp³-hybridized carbons (Fsp3) is 0.286. The maximum Gasteiger partial charge on any atom is 0.192 e. The van der Waals surface area contributed by atoms with E-state index in [-0.39, 0.29) is 5.82 Å². The first-order valence-corrected chi connectivity index (χ1v) is 7.05. The fourth-order valence-electron chi connectivity index (χ4n) is 1.62. The average molecular weight is 277 g/mol. The van der Waals surface area contributed by atoms with Crippen LogP contribution in [-0.2, 0) is 6.54 Å². The summed E-state index contributed by atoms with van der Waals surface area (Å²) in [5, 5.41) is 3.96. The molecule has 19 heavy (non-hydrogen) atoms. The maximum atomic E-state index is 13.3. The predicted octanol–water partition coefficient (Wildman–Crippen LogP) is 3.27. The molecule has 1 heterocycles. The lowest BCUT2D eigenvalue weighted by atomic mass is 10.2. The lowest BCUT2D eigenvalue weighted by Gasteiger charge is -2.09. The van der Waals surface area contributed by atoms with Gasteiger partial charge < -0.3 is 5.32 Å². The van der Waals surface area contributed by atoms with Gasteiger partial charge in [0.05, 0.1) is 0 Å². The quantitative estimate of drug-likeness (QED) is 0.649. The van der Waals surface area contributed by atoms with E-state index in [0.717, 1.165) is 23.4 Å². The van der Waals surface area contributed by atoms with Crippen LogP contribution in [0.2, 0.25) is 0 Å². The van der Waals surface area contributed by atoms with Crippen LogP contribution in [0.3, 0.4) is 0 Å². The van der Waals surface area contributed by atoms with Gasteiger partial charge >= 0.3 is 0 Å². The summed E-state index contributed by atoms with van der Waals surface area (Å²) in [4.78, 5) is 9.33. The summed E-state index contributed by atoms with van der Waals surface area (Å²) in [6.45, 7) is 3.68. The summed E-state index contributed by atoms with van der Waals surface area (Å²) in [7, 11) is 0. The minimum Gasteiger partial charge on any atom is -0.313 e. The molecule has 0 atom stereocenters. The molecule has 0 aliphatic rings. The lowest BCUT2D eigenvalue weighted by Crippen LogP contribution is -2.14. The van der Waals surface area contributed by atoms with Gasteiger partial charge in [-0.2, -0.15) is 0 Å². The molecular formula is C14H16FN3S. The normalized spacial score (nSPS) is 10.6. The Bertz CT molecular complexity index is 519. The van der Waals surface area contributed by atoms with Gasteiger partial charge in [-0.05, 0) is 54.6 Å². The predicted molar refractivity (Wildman–Crippen MR) is 74.6 cm³/mol. The van der Waals surface area contributed by atoms with Gasteiger partial charge in [-0.3, -0.25) is 0 Å². The molecule has 0 saturated heterocycles. The van der Waals surface area contributed by atoms with Gasteiger partial charge in [-0.15, -0.1) is 0 Å². The molecule has 0 radical (unpaired) electrons. The van der Waals surface area contributed by atoms with Crippen molar-refractivity contribution in [2.75, 3.05) is 6.54 Å². The Morgan fingerprint density at radius 3 is 2.79 bits per heavy atom. The van der Waals surface area contributed by atoms with Gasteiger partial charge in [0.25, 0.3) is 0 Å². The average Bonchev–Trinajstić information content (AvgIpc) is 2.43. The molecule has 1 N–H and O–H groups in total. The molecule has 0 unspecified atom stereocenters. The van der Waals surface area contributed by atoms with Crippen molar-refractivity contribution in [3.63, 3.8) is 0 Å². The van der Waals surface area contributed by atoms with Crippen molar-refractivity contribution >= 4 is 11.8 Å². The van der Waals surface area contributed by atoms with Crippen LogP contribution in [0.15, 0.2) is 46.7 Å². The van der Waals surface area contributed by atoms with E-state index >= 15 is 0 Å². The van der Waals surface area contributed by atoms with Gasteiger partial charge in [-0.1, -0.05) is 6.92 Å². The van der Waals surface area contributed by atoms with Crippen molar-refractivity contribution in [2.45, 2.75) is 29.9 Å². The number of hydrogen-bond acceptors (Lipinski definition) is 4. The van der Waals surface area contributed by atoms with Crippen LogP contribution in [0.4, 0.5) is 4.39 Å². The molecule has 1 aromatic heterocycles. The Morgan fingerprint density at radius 2 is 2.05 bits per heavy atom. The molecule has 0 aliphatic carbocycles. The molecule has 0 bridgehead atoms. The summed E-state index contributed by atoms with van der Waals surface area (Å²) < 4.78 is 13.3. The summed E-state index contributed by atoms with van der Waals surface area (Å²) >= 11 is 1.45. The summed E-state index contributed by atoms with van der Waals surface area (Å²) in [5.41, 5.74) is 0.936. The number of nitrogens with zero attached hydrogens (tertiary/aromatic N) is 2. The molecule has 0 fully saturated rings. The first-order valence-electron chi connectivity index (χ1n) is 6.23. The van der Waals surface area contributed by atoms with Crippen molar-refractivity contribution in [1.82, 2.24) is 15.3 Å². The Kier molecular flexibility index (Phi) is 5.30. The van der Waals surface area contributed by atoms with Crippen LogP contribution in [0.1, 0.15) is 18.9 Å².